The van der Waals surface area contributed by atoms with Crippen molar-refractivity contribution in [2.75, 3.05) is 4.90 Å². The molecule has 0 saturated carbocycles. The molecule has 1 amide bonds. The first-order chi connectivity index (χ1) is 15.2. The number of rotatable bonds is 3. The number of primary sulfonamides is 1. The van der Waals surface area contributed by atoms with Gasteiger partial charge in [0.25, 0.3) is 0 Å². The minimum absolute atomic E-state index is 0.00507. The second kappa shape index (κ2) is 7.69. The van der Waals surface area contributed by atoms with Gasteiger partial charge in [0.05, 0.1) is 10.7 Å². The molecular formula is C24H22ClN3O3S. The van der Waals surface area contributed by atoms with Crippen LogP contribution in [0.1, 0.15) is 23.6 Å². The second-order valence-corrected chi connectivity index (χ2v) is 10.5. The molecule has 0 bridgehead atoms. The van der Waals surface area contributed by atoms with Gasteiger partial charge in [-0.1, -0.05) is 29.8 Å². The van der Waals surface area contributed by atoms with Gasteiger partial charge < -0.3 is 4.90 Å². The van der Waals surface area contributed by atoms with Gasteiger partial charge in [0.2, 0.25) is 15.9 Å². The number of nitrogens with two attached hydrogens (primary N) is 1. The lowest BCUT2D eigenvalue weighted by atomic mass is 10.0. The molecular weight excluding hydrogens is 446 g/mol. The van der Waals surface area contributed by atoms with Crippen LogP contribution < -0.4 is 10.0 Å². The van der Waals surface area contributed by atoms with E-state index in [0.29, 0.717) is 24.9 Å². The monoisotopic (exact) mass is 467 g/mol. The lowest BCUT2D eigenvalue weighted by molar-refractivity contribution is -0.122. The topological polar surface area (TPSA) is 93.4 Å². The lowest BCUT2D eigenvalue weighted by Gasteiger charge is -2.26. The normalized spacial score (nSPS) is 19.7. The van der Waals surface area contributed by atoms with Gasteiger partial charge >= 0.3 is 0 Å². The predicted octanol–water partition coefficient (Wildman–Crippen LogP) is 3.74. The first-order valence-electron chi connectivity index (χ1n) is 10.4. The zero-order valence-corrected chi connectivity index (χ0v) is 19.0. The van der Waals surface area contributed by atoms with Gasteiger partial charge in [0.1, 0.15) is 4.90 Å². The number of benzene rings is 2. The molecule has 1 aliphatic heterocycles. The van der Waals surface area contributed by atoms with E-state index in [9.17, 15) is 13.2 Å². The van der Waals surface area contributed by atoms with Gasteiger partial charge in [0.15, 0.2) is 0 Å². The summed E-state index contributed by atoms with van der Waals surface area (Å²) in [4.78, 5) is 19.6. The number of pyridine rings is 1. The molecule has 2 aliphatic rings. The van der Waals surface area contributed by atoms with Crippen LogP contribution in [0.15, 0.2) is 59.6 Å². The molecule has 2 aromatic carbocycles. The van der Waals surface area contributed by atoms with Crippen molar-refractivity contribution in [2.24, 2.45) is 11.1 Å². The molecule has 2 atom stereocenters. The van der Waals surface area contributed by atoms with Crippen molar-refractivity contribution >= 4 is 33.2 Å². The maximum atomic E-state index is 13.6. The van der Waals surface area contributed by atoms with Crippen LogP contribution in [0.3, 0.4) is 0 Å². The zero-order valence-electron chi connectivity index (χ0n) is 17.5. The molecule has 0 spiro atoms. The highest BCUT2D eigenvalue weighted by molar-refractivity contribution is 7.89. The molecule has 1 aliphatic carbocycles. The van der Waals surface area contributed by atoms with E-state index in [1.807, 2.05) is 31.2 Å². The Kier molecular flexibility index (Phi) is 5.08. The van der Waals surface area contributed by atoms with E-state index in [4.69, 9.17) is 16.7 Å². The molecule has 2 heterocycles. The Hall–Kier alpha value is -2.74. The fourth-order valence-corrected chi connectivity index (χ4v) is 5.97. The summed E-state index contributed by atoms with van der Waals surface area (Å²) < 4.78 is 23.9. The lowest BCUT2D eigenvalue weighted by Crippen LogP contribution is -2.40. The molecule has 164 valence electrons. The van der Waals surface area contributed by atoms with Crippen LogP contribution in [0.25, 0.3) is 11.3 Å². The summed E-state index contributed by atoms with van der Waals surface area (Å²) in [6.07, 6.45) is 3.69. The van der Waals surface area contributed by atoms with Crippen LogP contribution in [-0.4, -0.2) is 25.4 Å². The highest BCUT2D eigenvalue weighted by Gasteiger charge is 2.38. The Bertz CT molecular complexity index is 1340. The van der Waals surface area contributed by atoms with Crippen LogP contribution in [-0.2, 0) is 34.1 Å². The molecule has 0 unspecified atom stereocenters. The van der Waals surface area contributed by atoms with Crippen LogP contribution in [0.2, 0.25) is 5.02 Å². The number of carbonyl (C=O) groups excluding carboxylic acids is 1. The molecule has 8 heteroatoms. The van der Waals surface area contributed by atoms with E-state index in [1.54, 1.807) is 17.2 Å². The Morgan fingerprint density at radius 2 is 1.84 bits per heavy atom. The number of amides is 1. The Labute approximate surface area is 192 Å². The Morgan fingerprint density at radius 1 is 1.06 bits per heavy atom. The third-order valence-electron chi connectivity index (χ3n) is 6.34. The van der Waals surface area contributed by atoms with Gasteiger partial charge in [-0.25, -0.2) is 13.6 Å². The van der Waals surface area contributed by atoms with Crippen molar-refractivity contribution in [2.45, 2.75) is 37.1 Å². The highest BCUT2D eigenvalue weighted by Crippen LogP contribution is 2.40. The van der Waals surface area contributed by atoms with E-state index in [2.05, 4.69) is 17.1 Å². The summed E-state index contributed by atoms with van der Waals surface area (Å²) >= 11 is 6.15. The minimum atomic E-state index is -3.99. The second-order valence-electron chi connectivity index (χ2n) is 8.52. The van der Waals surface area contributed by atoms with Crippen molar-refractivity contribution in [3.63, 3.8) is 0 Å². The number of hydrogen-bond acceptors (Lipinski definition) is 4. The average molecular weight is 468 g/mol. The predicted molar refractivity (Wildman–Crippen MR) is 124 cm³/mol. The number of halogens is 1. The Balaban J connectivity index is 1.44. The number of sulfonamides is 1. The number of carbonyl (C=O) groups is 1. The zero-order chi connectivity index (χ0) is 22.6. The van der Waals surface area contributed by atoms with Crippen molar-refractivity contribution in [3.8, 4) is 11.3 Å². The summed E-state index contributed by atoms with van der Waals surface area (Å²) in [5.74, 6) is -0.208. The van der Waals surface area contributed by atoms with E-state index >= 15 is 0 Å². The van der Waals surface area contributed by atoms with E-state index in [1.165, 1.54) is 6.07 Å². The quantitative estimate of drug-likeness (QED) is 0.634. The smallest absolute Gasteiger partial charge is 0.239 e. The summed E-state index contributed by atoms with van der Waals surface area (Å²) in [6.45, 7) is 1.96. The number of nitrogens with zero attached hydrogens (tertiary/aromatic N) is 2. The SMILES string of the molecule is C[C@H]1Cc2cc(Cl)c(S(N)(=O)=O)cc2N1C(=O)[C@@H]1Cc2ccc(-c3ccccn3)cc2C1. The maximum absolute atomic E-state index is 13.6. The molecule has 0 fully saturated rings. The van der Waals surface area contributed by atoms with Gasteiger partial charge in [0, 0.05) is 29.4 Å². The van der Waals surface area contributed by atoms with Gasteiger partial charge in [-0.15, -0.1) is 0 Å². The van der Waals surface area contributed by atoms with Gasteiger partial charge in [-0.05, 0) is 73.2 Å². The van der Waals surface area contributed by atoms with Gasteiger partial charge in [-0.3, -0.25) is 9.78 Å². The third kappa shape index (κ3) is 3.60. The molecule has 0 radical (unpaired) electrons. The fourth-order valence-electron chi connectivity index (χ4n) is 4.85. The summed E-state index contributed by atoms with van der Waals surface area (Å²) in [6, 6.07) is 15.0. The summed E-state index contributed by atoms with van der Waals surface area (Å²) in [7, 11) is -3.99. The van der Waals surface area contributed by atoms with Crippen LogP contribution in [0.5, 0.6) is 0 Å². The van der Waals surface area contributed by atoms with E-state index < -0.39 is 10.0 Å². The fraction of sp³-hybridized carbons (Fsp3) is 0.250. The molecule has 0 saturated heterocycles. The third-order valence-corrected chi connectivity index (χ3v) is 7.72. The van der Waals surface area contributed by atoms with Crippen molar-refractivity contribution in [3.05, 3.63) is 76.4 Å². The van der Waals surface area contributed by atoms with E-state index in [0.717, 1.165) is 27.9 Å². The number of anilines is 1. The van der Waals surface area contributed by atoms with Crippen LogP contribution in [0, 0.1) is 5.92 Å². The maximum Gasteiger partial charge on any atom is 0.239 e. The molecule has 3 aromatic rings. The van der Waals surface area contributed by atoms with Crippen molar-refractivity contribution in [1.82, 2.24) is 4.98 Å². The van der Waals surface area contributed by atoms with Crippen molar-refractivity contribution < 1.29 is 13.2 Å². The Morgan fingerprint density at radius 3 is 2.56 bits per heavy atom. The largest absolute Gasteiger partial charge is 0.309 e. The van der Waals surface area contributed by atoms with Crippen LogP contribution in [0.4, 0.5) is 5.69 Å². The number of hydrogen-bond donors (Lipinski definition) is 1. The molecule has 6 nitrogen and oxygen atoms in total. The number of fused-ring (bicyclic) bond motifs is 2. The minimum Gasteiger partial charge on any atom is -0.309 e. The number of aromatic nitrogens is 1. The van der Waals surface area contributed by atoms with E-state index in [-0.39, 0.29) is 27.8 Å². The molecule has 2 N–H and O–H groups in total. The highest BCUT2D eigenvalue weighted by atomic mass is 35.5. The van der Waals surface area contributed by atoms with Gasteiger partial charge in [-0.2, -0.15) is 0 Å². The molecule has 32 heavy (non-hydrogen) atoms. The van der Waals surface area contributed by atoms with Crippen LogP contribution >= 0.6 is 11.6 Å². The van der Waals surface area contributed by atoms with Crippen molar-refractivity contribution in [1.29, 1.82) is 0 Å². The first-order valence-corrected chi connectivity index (χ1v) is 12.4. The average Bonchev–Trinajstić information content (AvgIpc) is 3.32. The first kappa shape index (κ1) is 21.1. The standard InChI is InChI=1S/C24H22ClN3O3S/c1-14-8-18-12-20(25)23(32(26,30)31)13-22(18)28(14)24(29)19-9-15-5-6-16(10-17(15)11-19)21-4-2-3-7-27-21/h2-7,10,12-14,19H,8-9,11H2,1H3,(H2,26,30,31)/t14-,19+/m0/s1. The molecule has 1 aromatic heterocycles. The summed E-state index contributed by atoms with van der Waals surface area (Å²) in [5, 5.41) is 5.42. The molecule has 5 rings (SSSR count). The summed E-state index contributed by atoms with van der Waals surface area (Å²) in [5.41, 5.74) is 5.69.